The third-order valence-electron chi connectivity index (χ3n) is 6.05. The average Bonchev–Trinajstić information content (AvgIpc) is 2.78. The summed E-state index contributed by atoms with van der Waals surface area (Å²) < 4.78 is 5.42. The number of rotatable bonds is 3. The minimum Gasteiger partial charge on any atom is -0.508 e. The molecule has 1 aliphatic rings. The van der Waals surface area contributed by atoms with E-state index in [0.29, 0.717) is 0 Å². The van der Waals surface area contributed by atoms with Crippen LogP contribution in [0.3, 0.4) is 0 Å². The third kappa shape index (κ3) is 2.64. The highest BCUT2D eigenvalue weighted by molar-refractivity contribution is 5.67. The average molecular weight is 378 g/mol. The van der Waals surface area contributed by atoms with Gasteiger partial charge in [-0.05, 0) is 64.1 Å². The van der Waals surface area contributed by atoms with Crippen LogP contribution in [0.5, 0.6) is 11.5 Å². The maximum absolute atomic E-state index is 9.95. The van der Waals surface area contributed by atoms with Gasteiger partial charge in [-0.15, -0.1) is 0 Å². The number of phenolic OH excluding ortho intramolecular Hbond substituents is 1. The van der Waals surface area contributed by atoms with Gasteiger partial charge in [0.15, 0.2) is 0 Å². The summed E-state index contributed by atoms with van der Waals surface area (Å²) in [5.41, 5.74) is 7.10. The lowest BCUT2D eigenvalue weighted by Gasteiger charge is -2.42. The molecule has 0 unspecified atom stereocenters. The predicted octanol–water partition coefficient (Wildman–Crippen LogP) is 5.69. The molecule has 0 fully saturated rings. The number of hydrogen-bond acceptors (Lipinski definition) is 2. The number of hydrogen-bond donors (Lipinski definition) is 1. The summed E-state index contributed by atoms with van der Waals surface area (Å²) in [4.78, 5) is 0. The van der Waals surface area contributed by atoms with Gasteiger partial charge in [0, 0.05) is 0 Å². The summed E-state index contributed by atoms with van der Waals surface area (Å²) in [6, 6.07) is 33.4. The molecule has 0 amide bonds. The second kappa shape index (κ2) is 6.82. The number of ether oxygens (including phenoxy) is 1. The van der Waals surface area contributed by atoms with Gasteiger partial charge >= 0.3 is 0 Å². The van der Waals surface area contributed by atoms with E-state index in [-0.39, 0.29) is 5.75 Å². The molecule has 142 valence electrons. The van der Waals surface area contributed by atoms with E-state index in [1.807, 2.05) is 24.3 Å². The summed E-state index contributed by atoms with van der Waals surface area (Å²) in [5, 5.41) is 9.95. The van der Waals surface area contributed by atoms with Crippen molar-refractivity contribution >= 4 is 0 Å². The molecular formula is C27H22O2. The van der Waals surface area contributed by atoms with Crippen LogP contribution < -0.4 is 4.74 Å². The molecule has 29 heavy (non-hydrogen) atoms. The fourth-order valence-electron chi connectivity index (χ4n) is 4.77. The smallest absolute Gasteiger partial charge is 0.118 e. The molecule has 0 aromatic heterocycles. The highest BCUT2D eigenvalue weighted by Crippen LogP contribution is 2.51. The van der Waals surface area contributed by atoms with Crippen molar-refractivity contribution in [2.24, 2.45) is 0 Å². The van der Waals surface area contributed by atoms with Crippen molar-refractivity contribution in [1.82, 2.24) is 0 Å². The van der Waals surface area contributed by atoms with Gasteiger partial charge in [-0.25, -0.2) is 0 Å². The van der Waals surface area contributed by atoms with E-state index in [1.54, 1.807) is 19.2 Å². The summed E-state index contributed by atoms with van der Waals surface area (Å²) in [6.45, 7) is 0. The molecule has 0 aliphatic heterocycles. The Bertz CT molecular complexity index is 1110. The molecule has 0 atom stereocenters. The van der Waals surface area contributed by atoms with Crippen LogP contribution in [0.25, 0.3) is 0 Å². The first-order chi connectivity index (χ1) is 14.2. The van der Waals surface area contributed by atoms with Crippen LogP contribution in [0.15, 0.2) is 97.1 Å². The maximum atomic E-state index is 9.95. The van der Waals surface area contributed by atoms with Gasteiger partial charge in [-0.3, -0.25) is 0 Å². The molecule has 0 heterocycles. The number of fused-ring (bicyclic) bond motifs is 2. The Labute approximate surface area is 171 Å². The van der Waals surface area contributed by atoms with Crippen LogP contribution in [0.1, 0.15) is 33.4 Å². The Morgan fingerprint density at radius 1 is 0.655 bits per heavy atom. The molecule has 5 rings (SSSR count). The number of methoxy groups -OCH3 is 1. The van der Waals surface area contributed by atoms with Gasteiger partial charge in [-0.1, -0.05) is 72.8 Å². The van der Waals surface area contributed by atoms with Crippen LogP contribution >= 0.6 is 0 Å². The molecule has 1 aliphatic carbocycles. The van der Waals surface area contributed by atoms with E-state index >= 15 is 0 Å². The van der Waals surface area contributed by atoms with Gasteiger partial charge < -0.3 is 9.84 Å². The normalized spacial score (nSPS) is 14.0. The van der Waals surface area contributed by atoms with Crippen molar-refractivity contribution < 1.29 is 9.84 Å². The Balaban J connectivity index is 1.91. The van der Waals surface area contributed by atoms with Crippen molar-refractivity contribution in [3.05, 3.63) is 130 Å². The monoisotopic (exact) mass is 378 g/mol. The maximum Gasteiger partial charge on any atom is 0.118 e. The van der Waals surface area contributed by atoms with E-state index in [0.717, 1.165) is 17.7 Å². The van der Waals surface area contributed by atoms with E-state index in [2.05, 4.69) is 60.7 Å². The third-order valence-corrected chi connectivity index (χ3v) is 6.05. The topological polar surface area (TPSA) is 29.5 Å². The van der Waals surface area contributed by atoms with Gasteiger partial charge in [0.2, 0.25) is 0 Å². The largest absolute Gasteiger partial charge is 0.508 e. The Hall–Kier alpha value is -3.52. The van der Waals surface area contributed by atoms with Crippen LogP contribution in [-0.4, -0.2) is 12.2 Å². The van der Waals surface area contributed by atoms with Crippen LogP contribution in [0.4, 0.5) is 0 Å². The number of benzene rings is 4. The van der Waals surface area contributed by atoms with E-state index < -0.39 is 5.41 Å². The molecule has 0 spiro atoms. The summed E-state index contributed by atoms with van der Waals surface area (Å²) >= 11 is 0. The van der Waals surface area contributed by atoms with E-state index in [4.69, 9.17) is 4.74 Å². The van der Waals surface area contributed by atoms with Gasteiger partial charge in [0.1, 0.15) is 11.5 Å². The molecule has 4 aromatic carbocycles. The highest BCUT2D eigenvalue weighted by atomic mass is 16.5. The van der Waals surface area contributed by atoms with Crippen molar-refractivity contribution in [3.8, 4) is 11.5 Å². The lowest BCUT2D eigenvalue weighted by atomic mass is 9.60. The molecule has 0 saturated carbocycles. The summed E-state index contributed by atoms with van der Waals surface area (Å²) in [5.74, 6) is 1.11. The highest BCUT2D eigenvalue weighted by Gasteiger charge is 2.43. The second-order valence-electron chi connectivity index (χ2n) is 7.52. The van der Waals surface area contributed by atoms with E-state index in [9.17, 15) is 5.11 Å². The fraction of sp³-hybridized carbons (Fsp3) is 0.111. The molecule has 0 radical (unpaired) electrons. The van der Waals surface area contributed by atoms with Crippen LogP contribution in [0, 0.1) is 0 Å². The van der Waals surface area contributed by atoms with E-state index in [1.165, 1.54) is 27.8 Å². The first kappa shape index (κ1) is 17.6. The Morgan fingerprint density at radius 3 is 1.66 bits per heavy atom. The standard InChI is InChI=1S/C27H22O2/c1-29-24-16-12-22(13-17-24)27(21-10-14-23(28)15-11-21)25-8-4-2-6-19(25)18-20-7-3-5-9-26(20)27/h2-17,28H,18H2,1H3. The zero-order valence-corrected chi connectivity index (χ0v) is 16.3. The second-order valence-corrected chi connectivity index (χ2v) is 7.52. The SMILES string of the molecule is COc1ccc(C2(c3ccc(O)cc3)c3ccccc3Cc3ccccc32)cc1. The Kier molecular flexibility index (Phi) is 4.13. The van der Waals surface area contributed by atoms with Crippen molar-refractivity contribution in [1.29, 1.82) is 0 Å². The van der Waals surface area contributed by atoms with Crippen LogP contribution in [0.2, 0.25) is 0 Å². The summed E-state index contributed by atoms with van der Waals surface area (Å²) in [7, 11) is 1.69. The Morgan fingerprint density at radius 2 is 1.14 bits per heavy atom. The minimum absolute atomic E-state index is 0.274. The fourth-order valence-corrected chi connectivity index (χ4v) is 4.77. The molecule has 2 heteroatoms. The first-order valence-corrected chi connectivity index (χ1v) is 9.84. The lowest BCUT2D eigenvalue weighted by molar-refractivity contribution is 0.414. The van der Waals surface area contributed by atoms with Crippen molar-refractivity contribution in [2.45, 2.75) is 11.8 Å². The zero-order chi connectivity index (χ0) is 19.8. The van der Waals surface area contributed by atoms with Crippen LogP contribution in [-0.2, 0) is 11.8 Å². The van der Waals surface area contributed by atoms with Crippen molar-refractivity contribution in [2.75, 3.05) is 7.11 Å². The molecule has 1 N–H and O–H groups in total. The molecule has 0 saturated heterocycles. The molecule has 2 nitrogen and oxygen atoms in total. The molecular weight excluding hydrogens is 356 g/mol. The van der Waals surface area contributed by atoms with Crippen molar-refractivity contribution in [3.63, 3.8) is 0 Å². The number of phenols is 1. The van der Waals surface area contributed by atoms with Gasteiger partial charge in [0.05, 0.1) is 12.5 Å². The molecule has 4 aromatic rings. The number of aromatic hydroxyl groups is 1. The minimum atomic E-state index is -0.453. The van der Waals surface area contributed by atoms with Gasteiger partial charge in [-0.2, -0.15) is 0 Å². The summed E-state index contributed by atoms with van der Waals surface area (Å²) in [6.07, 6.45) is 0.919. The lowest BCUT2D eigenvalue weighted by Crippen LogP contribution is -2.36. The predicted molar refractivity (Wildman–Crippen MR) is 116 cm³/mol. The van der Waals surface area contributed by atoms with Gasteiger partial charge in [0.25, 0.3) is 0 Å². The quantitative estimate of drug-likeness (QED) is 0.437. The zero-order valence-electron chi connectivity index (χ0n) is 16.3. The first-order valence-electron chi connectivity index (χ1n) is 9.84. The molecule has 0 bridgehead atoms.